The molecule has 0 atom stereocenters. The third-order valence-corrected chi connectivity index (χ3v) is 6.22. The number of benzene rings is 2. The minimum atomic E-state index is -4.77. The third kappa shape index (κ3) is 7.76. The molecule has 0 amide bonds. The maximum atomic E-state index is 14.0. The summed E-state index contributed by atoms with van der Waals surface area (Å²) in [7, 11) is 0. The van der Waals surface area contributed by atoms with Crippen molar-refractivity contribution < 1.29 is 17.6 Å². The average Bonchev–Trinajstić information content (AvgIpc) is 2.99. The lowest BCUT2D eigenvalue weighted by Crippen LogP contribution is -2.46. The van der Waals surface area contributed by atoms with Crippen LogP contribution < -0.4 is 10.6 Å². The SMILES string of the molecule is C=C.C=C.Nc1cccc(-c2c(-c3ccc(F)cc3)nc(C(F)(F)F)nc2N2CCN(Cc3ccccn3)CC2)c1. The second-order valence-corrected chi connectivity index (χ2v) is 8.81. The Kier molecular flexibility index (Phi) is 10.7. The quantitative estimate of drug-likeness (QED) is 0.162. The highest BCUT2D eigenvalue weighted by molar-refractivity contribution is 5.89. The monoisotopic (exact) mass is 564 g/mol. The lowest BCUT2D eigenvalue weighted by molar-refractivity contribution is -0.144. The number of aromatic nitrogens is 3. The summed E-state index contributed by atoms with van der Waals surface area (Å²) in [6.07, 6.45) is -3.03. The zero-order valence-electron chi connectivity index (χ0n) is 22.6. The molecule has 1 aliphatic heterocycles. The standard InChI is InChI=1S/C27H24F4N6.2C2H4/c28-20-9-7-18(8-10-20)24-23(19-4-3-5-21(32)16-19)25(35-26(34-24)27(29,30)31)37-14-12-36(13-15-37)17-22-6-1-2-11-33-22;2*1-2/h1-11,16H,12-15,17,32H2;2*1-2H2. The number of pyridine rings is 1. The summed E-state index contributed by atoms with van der Waals surface area (Å²) >= 11 is 0. The van der Waals surface area contributed by atoms with E-state index >= 15 is 0 Å². The summed E-state index contributed by atoms with van der Waals surface area (Å²) in [4.78, 5) is 16.4. The van der Waals surface area contributed by atoms with Gasteiger partial charge in [0.05, 0.1) is 17.0 Å². The van der Waals surface area contributed by atoms with Crippen molar-refractivity contribution in [2.24, 2.45) is 0 Å². The average molecular weight is 565 g/mol. The maximum absolute atomic E-state index is 14.0. The molecule has 2 N–H and O–H groups in total. The smallest absolute Gasteiger partial charge is 0.399 e. The zero-order chi connectivity index (χ0) is 30.0. The van der Waals surface area contributed by atoms with Gasteiger partial charge in [0.1, 0.15) is 11.6 Å². The number of nitrogen functional groups attached to an aromatic ring is 1. The number of alkyl halides is 3. The molecule has 0 aliphatic carbocycles. The molecule has 6 nitrogen and oxygen atoms in total. The molecule has 0 radical (unpaired) electrons. The third-order valence-electron chi connectivity index (χ3n) is 6.22. The highest BCUT2D eigenvalue weighted by Crippen LogP contribution is 2.41. The number of rotatable bonds is 5. The van der Waals surface area contributed by atoms with E-state index in [2.05, 4.69) is 46.2 Å². The van der Waals surface area contributed by atoms with Crippen molar-refractivity contribution >= 4 is 11.5 Å². The molecule has 0 bridgehead atoms. The number of hydrogen-bond acceptors (Lipinski definition) is 6. The van der Waals surface area contributed by atoms with Crippen LogP contribution in [0.1, 0.15) is 11.5 Å². The molecule has 0 spiro atoms. The van der Waals surface area contributed by atoms with Crippen LogP contribution in [0.3, 0.4) is 0 Å². The van der Waals surface area contributed by atoms with E-state index in [9.17, 15) is 17.6 Å². The maximum Gasteiger partial charge on any atom is 0.451 e. The Balaban J connectivity index is 0.00000111. The lowest BCUT2D eigenvalue weighted by Gasteiger charge is -2.36. The first-order valence-electron chi connectivity index (χ1n) is 12.8. The van der Waals surface area contributed by atoms with Gasteiger partial charge in [-0.1, -0.05) is 18.2 Å². The molecule has 0 unspecified atom stereocenters. The molecule has 10 heteroatoms. The summed E-state index contributed by atoms with van der Waals surface area (Å²) < 4.78 is 55.5. The Morgan fingerprint density at radius 3 is 2.07 bits per heavy atom. The van der Waals surface area contributed by atoms with Gasteiger partial charge in [0, 0.05) is 50.2 Å². The van der Waals surface area contributed by atoms with Crippen molar-refractivity contribution in [3.63, 3.8) is 0 Å². The van der Waals surface area contributed by atoms with Gasteiger partial charge in [0.25, 0.3) is 0 Å². The van der Waals surface area contributed by atoms with E-state index in [1.165, 1.54) is 24.3 Å². The van der Waals surface area contributed by atoms with Crippen LogP contribution in [-0.4, -0.2) is 46.0 Å². The topological polar surface area (TPSA) is 71.2 Å². The Labute approximate surface area is 237 Å². The van der Waals surface area contributed by atoms with E-state index in [4.69, 9.17) is 5.73 Å². The van der Waals surface area contributed by atoms with Crippen LogP contribution in [0.2, 0.25) is 0 Å². The molecular formula is C31H32F4N6. The largest absolute Gasteiger partial charge is 0.451 e. The van der Waals surface area contributed by atoms with Crippen molar-refractivity contribution in [3.8, 4) is 22.4 Å². The van der Waals surface area contributed by atoms with Crippen LogP contribution in [-0.2, 0) is 12.7 Å². The first-order valence-corrected chi connectivity index (χ1v) is 12.8. The normalized spacial score (nSPS) is 13.4. The first-order chi connectivity index (χ1) is 19.8. The highest BCUT2D eigenvalue weighted by Gasteiger charge is 2.38. The van der Waals surface area contributed by atoms with E-state index < -0.39 is 17.8 Å². The molecule has 3 heterocycles. The predicted molar refractivity (Wildman–Crippen MR) is 157 cm³/mol. The molecule has 41 heavy (non-hydrogen) atoms. The second-order valence-electron chi connectivity index (χ2n) is 8.81. The molecule has 5 rings (SSSR count). The van der Waals surface area contributed by atoms with Gasteiger partial charge in [0.2, 0.25) is 5.82 Å². The molecule has 2 aromatic carbocycles. The number of halogens is 4. The molecule has 2 aromatic heterocycles. The number of nitrogens with zero attached hydrogens (tertiary/aromatic N) is 5. The molecule has 214 valence electrons. The summed E-state index contributed by atoms with van der Waals surface area (Å²) in [5, 5.41) is 0. The van der Waals surface area contributed by atoms with Gasteiger partial charge >= 0.3 is 6.18 Å². The van der Waals surface area contributed by atoms with Crippen LogP contribution in [0.4, 0.5) is 29.1 Å². The Bertz CT molecular complexity index is 1400. The number of piperazine rings is 1. The van der Waals surface area contributed by atoms with E-state index in [0.29, 0.717) is 55.1 Å². The number of nitrogens with two attached hydrogens (primary N) is 1. The Hall–Kier alpha value is -4.57. The van der Waals surface area contributed by atoms with Crippen molar-refractivity contribution in [1.29, 1.82) is 0 Å². The number of anilines is 2. The zero-order valence-corrected chi connectivity index (χ0v) is 22.6. The fourth-order valence-electron chi connectivity index (χ4n) is 4.42. The van der Waals surface area contributed by atoms with Crippen LogP contribution >= 0.6 is 0 Å². The molecular weight excluding hydrogens is 532 g/mol. The molecule has 1 saturated heterocycles. The van der Waals surface area contributed by atoms with E-state index in [1.54, 1.807) is 30.5 Å². The fourth-order valence-corrected chi connectivity index (χ4v) is 4.42. The van der Waals surface area contributed by atoms with Crippen LogP contribution in [0, 0.1) is 5.82 Å². The minimum Gasteiger partial charge on any atom is -0.399 e. The fraction of sp³-hybridized carbons (Fsp3) is 0.194. The molecule has 4 aromatic rings. The van der Waals surface area contributed by atoms with E-state index in [0.717, 1.165) is 5.69 Å². The summed E-state index contributed by atoms with van der Waals surface area (Å²) in [5.41, 5.74) is 8.83. The van der Waals surface area contributed by atoms with Gasteiger partial charge in [-0.3, -0.25) is 9.88 Å². The lowest BCUT2D eigenvalue weighted by atomic mass is 9.98. The molecule has 1 fully saturated rings. The second kappa shape index (κ2) is 14.2. The van der Waals surface area contributed by atoms with Gasteiger partial charge < -0.3 is 10.6 Å². The van der Waals surface area contributed by atoms with Gasteiger partial charge in [-0.15, -0.1) is 26.3 Å². The van der Waals surface area contributed by atoms with Crippen LogP contribution in [0.15, 0.2) is 99.2 Å². The molecule has 0 saturated carbocycles. The van der Waals surface area contributed by atoms with Crippen molar-refractivity contribution in [2.45, 2.75) is 12.7 Å². The Morgan fingerprint density at radius 2 is 1.49 bits per heavy atom. The van der Waals surface area contributed by atoms with Crippen LogP contribution in [0.5, 0.6) is 0 Å². The van der Waals surface area contributed by atoms with E-state index in [1.807, 2.05) is 23.1 Å². The Morgan fingerprint density at radius 1 is 0.805 bits per heavy atom. The molecule has 1 aliphatic rings. The predicted octanol–water partition coefficient (Wildman–Crippen LogP) is 6.87. The van der Waals surface area contributed by atoms with Crippen LogP contribution in [0.25, 0.3) is 22.4 Å². The summed E-state index contributed by atoms with van der Waals surface area (Å²) in [5.74, 6) is -1.57. The minimum absolute atomic E-state index is 0.0684. The number of hydrogen-bond donors (Lipinski definition) is 1. The van der Waals surface area contributed by atoms with Gasteiger partial charge in [-0.05, 0) is 54.1 Å². The van der Waals surface area contributed by atoms with E-state index in [-0.39, 0.29) is 11.5 Å². The van der Waals surface area contributed by atoms with Gasteiger partial charge in [0.15, 0.2) is 0 Å². The summed E-state index contributed by atoms with van der Waals surface area (Å²) in [6, 6.07) is 17.8. The highest BCUT2D eigenvalue weighted by atomic mass is 19.4. The van der Waals surface area contributed by atoms with Gasteiger partial charge in [-0.25, -0.2) is 14.4 Å². The summed E-state index contributed by atoms with van der Waals surface area (Å²) in [6.45, 7) is 14.8. The van der Waals surface area contributed by atoms with Crippen molar-refractivity contribution in [1.82, 2.24) is 19.9 Å². The van der Waals surface area contributed by atoms with Crippen molar-refractivity contribution in [3.05, 3.63) is 117 Å². The van der Waals surface area contributed by atoms with Crippen molar-refractivity contribution in [2.75, 3.05) is 36.8 Å². The van der Waals surface area contributed by atoms with Gasteiger partial charge in [-0.2, -0.15) is 13.2 Å². The first kappa shape index (κ1) is 31.0.